The Morgan fingerprint density at radius 2 is 1.88 bits per heavy atom. The third-order valence-electron chi connectivity index (χ3n) is 4.56. The number of ether oxygens (including phenoxy) is 2. The number of Topliss-reactive ketones (excluding diaryl/α,β-unsaturated/α-hetero) is 1. The first kappa shape index (κ1) is 18.2. The lowest BCUT2D eigenvalue weighted by atomic mass is 9.73. The molecule has 0 aliphatic heterocycles. The average molecular weight is 351 g/mol. The SMILES string of the molecule is C=C1CCC(CC(=O)c2cccc(Cl)c2)C1(C(=O)OC)C(=O)OC. The molecule has 0 amide bonds. The van der Waals surface area contributed by atoms with Crippen molar-refractivity contribution in [3.8, 4) is 0 Å². The van der Waals surface area contributed by atoms with Crippen molar-refractivity contribution in [1.29, 1.82) is 0 Å². The van der Waals surface area contributed by atoms with Gasteiger partial charge in [-0.3, -0.25) is 14.4 Å². The van der Waals surface area contributed by atoms with Crippen LogP contribution in [-0.2, 0) is 19.1 Å². The number of methoxy groups -OCH3 is 2. The van der Waals surface area contributed by atoms with Crippen molar-refractivity contribution < 1.29 is 23.9 Å². The molecule has 0 spiro atoms. The van der Waals surface area contributed by atoms with Gasteiger partial charge < -0.3 is 9.47 Å². The third-order valence-corrected chi connectivity index (χ3v) is 4.79. The van der Waals surface area contributed by atoms with Crippen LogP contribution in [0.25, 0.3) is 0 Å². The van der Waals surface area contributed by atoms with Gasteiger partial charge >= 0.3 is 11.9 Å². The number of rotatable bonds is 5. The quantitative estimate of drug-likeness (QED) is 0.353. The number of carbonyl (C=O) groups excluding carboxylic acids is 3. The van der Waals surface area contributed by atoms with Gasteiger partial charge in [-0.05, 0) is 36.5 Å². The van der Waals surface area contributed by atoms with Crippen LogP contribution in [0.1, 0.15) is 29.6 Å². The molecule has 0 bridgehead atoms. The second-order valence-corrected chi connectivity index (χ2v) is 6.20. The Morgan fingerprint density at radius 3 is 2.42 bits per heavy atom. The minimum atomic E-state index is -1.63. The number of halogens is 1. The fraction of sp³-hybridized carbons (Fsp3) is 0.389. The summed E-state index contributed by atoms with van der Waals surface area (Å²) in [6.45, 7) is 3.86. The lowest BCUT2D eigenvalue weighted by molar-refractivity contribution is -0.168. The van der Waals surface area contributed by atoms with E-state index in [0.29, 0.717) is 29.0 Å². The van der Waals surface area contributed by atoms with Crippen molar-refractivity contribution in [3.63, 3.8) is 0 Å². The molecular weight excluding hydrogens is 332 g/mol. The normalized spacial score (nSPS) is 19.0. The fourth-order valence-corrected chi connectivity index (χ4v) is 3.53. The first-order valence-electron chi connectivity index (χ1n) is 7.51. The van der Waals surface area contributed by atoms with Crippen LogP contribution >= 0.6 is 11.6 Å². The van der Waals surface area contributed by atoms with Gasteiger partial charge in [0.15, 0.2) is 11.2 Å². The van der Waals surface area contributed by atoms with Crippen molar-refractivity contribution in [2.24, 2.45) is 11.3 Å². The number of ketones is 1. The zero-order chi connectivity index (χ0) is 17.9. The van der Waals surface area contributed by atoms with Crippen LogP contribution in [0, 0.1) is 11.3 Å². The summed E-state index contributed by atoms with van der Waals surface area (Å²) in [5.74, 6) is -2.23. The summed E-state index contributed by atoms with van der Waals surface area (Å²) in [5, 5.41) is 0.448. The second-order valence-electron chi connectivity index (χ2n) is 5.77. The molecule has 0 N–H and O–H groups in total. The van der Waals surface area contributed by atoms with Gasteiger partial charge in [0, 0.05) is 17.0 Å². The highest BCUT2D eigenvalue weighted by Gasteiger charge is 2.59. The molecular formula is C18H19ClO5. The first-order valence-corrected chi connectivity index (χ1v) is 7.89. The third kappa shape index (κ3) is 2.96. The van der Waals surface area contributed by atoms with Crippen molar-refractivity contribution in [1.82, 2.24) is 0 Å². The van der Waals surface area contributed by atoms with E-state index in [2.05, 4.69) is 6.58 Å². The van der Waals surface area contributed by atoms with Crippen LogP contribution in [0.4, 0.5) is 0 Å². The van der Waals surface area contributed by atoms with Gasteiger partial charge in [-0.25, -0.2) is 0 Å². The van der Waals surface area contributed by atoms with Gasteiger partial charge in [-0.2, -0.15) is 0 Å². The molecule has 1 saturated carbocycles. The number of benzene rings is 1. The monoisotopic (exact) mass is 350 g/mol. The molecule has 1 aromatic rings. The van der Waals surface area contributed by atoms with Crippen LogP contribution < -0.4 is 0 Å². The Hall–Kier alpha value is -2.14. The molecule has 1 aromatic carbocycles. The van der Waals surface area contributed by atoms with Gasteiger partial charge in [0.2, 0.25) is 0 Å². The van der Waals surface area contributed by atoms with Gasteiger partial charge in [0.1, 0.15) is 0 Å². The van der Waals surface area contributed by atoms with E-state index in [9.17, 15) is 14.4 Å². The summed E-state index contributed by atoms with van der Waals surface area (Å²) >= 11 is 5.92. The highest BCUT2D eigenvalue weighted by Crippen LogP contribution is 2.50. The molecule has 0 saturated heterocycles. The zero-order valence-electron chi connectivity index (χ0n) is 13.6. The van der Waals surface area contributed by atoms with Crippen LogP contribution in [0.2, 0.25) is 5.02 Å². The summed E-state index contributed by atoms with van der Waals surface area (Å²) in [7, 11) is 2.41. The molecule has 128 valence electrons. The Labute approximate surface area is 145 Å². The molecule has 5 nitrogen and oxygen atoms in total. The molecule has 24 heavy (non-hydrogen) atoms. The molecule has 0 heterocycles. The van der Waals surface area contributed by atoms with Crippen molar-refractivity contribution in [3.05, 3.63) is 47.0 Å². The number of hydrogen-bond donors (Lipinski definition) is 0. The molecule has 1 atom stereocenters. The van der Waals surface area contributed by atoms with Crippen LogP contribution in [0.5, 0.6) is 0 Å². The maximum absolute atomic E-state index is 12.6. The van der Waals surface area contributed by atoms with E-state index >= 15 is 0 Å². The van der Waals surface area contributed by atoms with E-state index in [1.165, 1.54) is 14.2 Å². The van der Waals surface area contributed by atoms with Crippen LogP contribution in [-0.4, -0.2) is 31.9 Å². The second kappa shape index (κ2) is 7.18. The summed E-state index contributed by atoms with van der Waals surface area (Å²) in [5.41, 5.74) is -0.772. The summed E-state index contributed by atoms with van der Waals surface area (Å²) in [6.07, 6.45) is 0.941. The smallest absolute Gasteiger partial charge is 0.327 e. The Morgan fingerprint density at radius 1 is 1.25 bits per heavy atom. The first-order chi connectivity index (χ1) is 11.4. The van der Waals surface area contributed by atoms with Gasteiger partial charge in [-0.15, -0.1) is 0 Å². The Balaban J connectivity index is 2.36. The molecule has 6 heteroatoms. The fourth-order valence-electron chi connectivity index (χ4n) is 3.34. The van der Waals surface area contributed by atoms with Crippen LogP contribution in [0.3, 0.4) is 0 Å². The van der Waals surface area contributed by atoms with E-state index in [1.54, 1.807) is 24.3 Å². The van der Waals surface area contributed by atoms with Gasteiger partial charge in [0.05, 0.1) is 14.2 Å². The largest absolute Gasteiger partial charge is 0.468 e. The van der Waals surface area contributed by atoms with Crippen molar-refractivity contribution in [2.45, 2.75) is 19.3 Å². The lowest BCUT2D eigenvalue weighted by Gasteiger charge is -2.30. The Kier molecular flexibility index (Phi) is 5.44. The highest BCUT2D eigenvalue weighted by molar-refractivity contribution is 6.31. The topological polar surface area (TPSA) is 69.7 Å². The van der Waals surface area contributed by atoms with Gasteiger partial charge in [0.25, 0.3) is 0 Å². The number of hydrogen-bond acceptors (Lipinski definition) is 5. The minimum Gasteiger partial charge on any atom is -0.468 e. The minimum absolute atomic E-state index is 0.00353. The predicted molar refractivity (Wildman–Crippen MR) is 88.7 cm³/mol. The predicted octanol–water partition coefficient (Wildman–Crippen LogP) is 3.21. The standard InChI is InChI=1S/C18H19ClO5/c1-11-7-8-13(18(11,16(21)23-2)17(22)24-3)10-15(20)12-5-4-6-14(19)9-12/h4-6,9,13H,1,7-8,10H2,2-3H3. The van der Waals surface area contributed by atoms with Gasteiger partial charge in [-0.1, -0.05) is 30.3 Å². The summed E-state index contributed by atoms with van der Waals surface area (Å²) in [4.78, 5) is 37.4. The molecule has 1 fully saturated rings. The van der Waals surface area contributed by atoms with Crippen molar-refractivity contribution in [2.75, 3.05) is 14.2 Å². The molecule has 2 rings (SSSR count). The average Bonchev–Trinajstić information content (AvgIpc) is 2.90. The van der Waals surface area contributed by atoms with Crippen molar-refractivity contribution >= 4 is 29.3 Å². The maximum Gasteiger partial charge on any atom is 0.327 e. The highest BCUT2D eigenvalue weighted by atomic mass is 35.5. The van der Waals surface area contributed by atoms with Crippen LogP contribution in [0.15, 0.2) is 36.4 Å². The Bertz CT molecular complexity index is 678. The number of esters is 2. The summed E-state index contributed by atoms with van der Waals surface area (Å²) in [6, 6.07) is 6.56. The maximum atomic E-state index is 12.6. The summed E-state index contributed by atoms with van der Waals surface area (Å²) < 4.78 is 9.67. The number of carbonyl (C=O) groups is 3. The molecule has 1 unspecified atom stereocenters. The molecule has 0 aromatic heterocycles. The van der Waals surface area contributed by atoms with E-state index in [-0.39, 0.29) is 12.2 Å². The molecule has 1 aliphatic rings. The van der Waals surface area contributed by atoms with E-state index in [1.807, 2.05) is 0 Å². The lowest BCUT2D eigenvalue weighted by Crippen LogP contribution is -2.45. The molecule has 1 aliphatic carbocycles. The van der Waals surface area contributed by atoms with E-state index in [4.69, 9.17) is 21.1 Å². The zero-order valence-corrected chi connectivity index (χ0v) is 14.4. The van der Waals surface area contributed by atoms with E-state index < -0.39 is 23.3 Å². The van der Waals surface area contributed by atoms with E-state index in [0.717, 1.165) is 0 Å². The molecule has 0 radical (unpaired) electrons.